The zero-order chi connectivity index (χ0) is 15.0. The molecule has 2 aromatic heterocycles. The van der Waals surface area contributed by atoms with Gasteiger partial charge in [-0.2, -0.15) is 0 Å². The second-order valence-corrected chi connectivity index (χ2v) is 5.75. The van der Waals surface area contributed by atoms with E-state index in [1.165, 1.54) is 5.56 Å². The molecule has 0 aliphatic rings. The molecule has 0 amide bonds. The fourth-order valence-corrected chi connectivity index (χ4v) is 3.17. The average molecular weight is 296 g/mol. The van der Waals surface area contributed by atoms with Crippen LogP contribution in [0.4, 0.5) is 0 Å². The molecule has 0 fully saturated rings. The predicted octanol–water partition coefficient (Wildman–Crippen LogP) is 4.63. The first-order valence-corrected chi connectivity index (χ1v) is 7.55. The molecule has 1 aromatic carbocycles. The summed E-state index contributed by atoms with van der Waals surface area (Å²) in [5.74, 6) is 0.859. The van der Waals surface area contributed by atoms with Gasteiger partial charge in [0, 0.05) is 16.3 Å². The van der Waals surface area contributed by atoms with Gasteiger partial charge in [0.2, 0.25) is 0 Å². The van der Waals surface area contributed by atoms with Crippen molar-refractivity contribution in [2.75, 3.05) is 7.11 Å². The summed E-state index contributed by atoms with van der Waals surface area (Å²) < 4.78 is 5.39. The quantitative estimate of drug-likeness (QED) is 0.707. The Morgan fingerprint density at radius 3 is 2.71 bits per heavy atom. The molecule has 0 radical (unpaired) electrons. The molecule has 3 aromatic rings. The average Bonchev–Trinajstić information content (AvgIpc) is 2.97. The van der Waals surface area contributed by atoms with Crippen LogP contribution >= 0.6 is 11.3 Å². The minimum Gasteiger partial charge on any atom is -0.496 e. The highest BCUT2D eigenvalue weighted by Crippen LogP contribution is 2.31. The lowest BCUT2D eigenvalue weighted by Gasteiger charge is -2.10. The van der Waals surface area contributed by atoms with Gasteiger partial charge in [-0.3, -0.25) is 0 Å². The molecule has 3 nitrogen and oxygen atoms in total. The van der Waals surface area contributed by atoms with E-state index in [1.54, 1.807) is 24.5 Å². The summed E-state index contributed by atoms with van der Waals surface area (Å²) in [6, 6.07) is 6.13. The van der Waals surface area contributed by atoms with E-state index >= 15 is 0 Å². The Labute approximate surface area is 127 Å². The summed E-state index contributed by atoms with van der Waals surface area (Å²) in [4.78, 5) is 9.32. The maximum absolute atomic E-state index is 5.39. The van der Waals surface area contributed by atoms with Crippen molar-refractivity contribution in [2.45, 2.75) is 13.8 Å². The summed E-state index contributed by atoms with van der Waals surface area (Å²) in [6.45, 7) is 7.88. The molecule has 0 unspecified atom stereocenters. The Balaban J connectivity index is 2.25. The first-order chi connectivity index (χ1) is 10.1. The number of thiazole rings is 1. The van der Waals surface area contributed by atoms with E-state index in [4.69, 9.17) is 9.72 Å². The molecule has 4 heteroatoms. The largest absolute Gasteiger partial charge is 0.496 e. The van der Waals surface area contributed by atoms with Crippen LogP contribution in [0.1, 0.15) is 16.8 Å². The van der Waals surface area contributed by atoms with Gasteiger partial charge in [-0.15, -0.1) is 11.3 Å². The molecule has 21 heavy (non-hydrogen) atoms. The fraction of sp³-hybridized carbons (Fsp3) is 0.176. The molecule has 0 atom stereocenters. The Morgan fingerprint density at radius 1 is 1.24 bits per heavy atom. The van der Waals surface area contributed by atoms with E-state index in [9.17, 15) is 0 Å². The lowest BCUT2D eigenvalue weighted by Crippen LogP contribution is -1.94. The molecule has 2 heterocycles. The van der Waals surface area contributed by atoms with Gasteiger partial charge in [0.05, 0.1) is 24.0 Å². The number of aromatic nitrogens is 2. The van der Waals surface area contributed by atoms with Crippen molar-refractivity contribution in [1.82, 2.24) is 9.97 Å². The number of pyridine rings is 1. The summed E-state index contributed by atoms with van der Waals surface area (Å²) in [6.07, 6.45) is 1.75. The molecular formula is C17H16N2OS. The van der Waals surface area contributed by atoms with Gasteiger partial charge in [-0.25, -0.2) is 9.97 Å². The van der Waals surface area contributed by atoms with Crippen molar-refractivity contribution in [3.8, 4) is 16.5 Å². The van der Waals surface area contributed by atoms with Gasteiger partial charge in [0.1, 0.15) is 10.8 Å². The van der Waals surface area contributed by atoms with Crippen molar-refractivity contribution in [3.63, 3.8) is 0 Å². The van der Waals surface area contributed by atoms with Crippen LogP contribution in [-0.2, 0) is 0 Å². The third-order valence-electron chi connectivity index (χ3n) is 3.56. The predicted molar refractivity (Wildman–Crippen MR) is 89.0 cm³/mol. The van der Waals surface area contributed by atoms with E-state index in [0.29, 0.717) is 0 Å². The lowest BCUT2D eigenvalue weighted by molar-refractivity contribution is 0.412. The van der Waals surface area contributed by atoms with Gasteiger partial charge >= 0.3 is 0 Å². The van der Waals surface area contributed by atoms with E-state index in [0.717, 1.165) is 38.6 Å². The van der Waals surface area contributed by atoms with Crippen molar-refractivity contribution < 1.29 is 4.74 Å². The van der Waals surface area contributed by atoms with Crippen molar-refractivity contribution in [1.29, 1.82) is 0 Å². The highest BCUT2D eigenvalue weighted by atomic mass is 32.1. The van der Waals surface area contributed by atoms with Crippen LogP contribution in [0.25, 0.3) is 27.7 Å². The molecule has 106 valence electrons. The van der Waals surface area contributed by atoms with Crippen LogP contribution in [0.15, 0.2) is 30.2 Å². The third-order valence-corrected chi connectivity index (χ3v) is 4.44. The lowest BCUT2D eigenvalue weighted by atomic mass is 10.0. The van der Waals surface area contributed by atoms with Crippen molar-refractivity contribution >= 4 is 28.3 Å². The number of rotatable bonds is 3. The SMILES string of the molecule is C=Cc1csc(-c2cc(C)c3ccc(OC)c(C)c3n2)n1. The van der Waals surface area contributed by atoms with Crippen molar-refractivity contribution in [3.05, 3.63) is 47.0 Å². The van der Waals surface area contributed by atoms with Crippen LogP contribution in [-0.4, -0.2) is 17.1 Å². The number of nitrogens with zero attached hydrogens (tertiary/aromatic N) is 2. The number of aryl methyl sites for hydroxylation is 2. The number of methoxy groups -OCH3 is 1. The molecule has 3 rings (SSSR count). The molecule has 0 aliphatic heterocycles. The normalized spacial score (nSPS) is 10.8. The van der Waals surface area contributed by atoms with Crippen molar-refractivity contribution in [2.24, 2.45) is 0 Å². The highest BCUT2D eigenvalue weighted by Gasteiger charge is 2.12. The maximum atomic E-state index is 5.39. The van der Waals surface area contributed by atoms with Crippen LogP contribution in [0.3, 0.4) is 0 Å². The third kappa shape index (κ3) is 2.32. The number of hydrogen-bond donors (Lipinski definition) is 0. The standard InChI is InChI=1S/C17H16N2OS/c1-5-12-9-21-17(18-12)14-8-10(2)13-6-7-15(20-4)11(3)16(13)19-14/h5-9H,1H2,2-4H3. The van der Waals surface area contributed by atoms with E-state index in [-0.39, 0.29) is 0 Å². The van der Waals surface area contributed by atoms with Gasteiger partial charge in [0.25, 0.3) is 0 Å². The zero-order valence-corrected chi connectivity index (χ0v) is 13.1. The first-order valence-electron chi connectivity index (χ1n) is 6.67. The minimum absolute atomic E-state index is 0.859. The molecule has 0 N–H and O–H groups in total. The first kappa shape index (κ1) is 13.8. The van der Waals surface area contributed by atoms with Crippen LogP contribution < -0.4 is 4.74 Å². The molecular weight excluding hydrogens is 280 g/mol. The number of benzene rings is 1. The highest BCUT2D eigenvalue weighted by molar-refractivity contribution is 7.13. The smallest absolute Gasteiger partial charge is 0.142 e. The Kier molecular flexibility index (Phi) is 3.47. The van der Waals surface area contributed by atoms with Crippen LogP contribution in [0.2, 0.25) is 0 Å². The van der Waals surface area contributed by atoms with E-state index in [2.05, 4.69) is 30.6 Å². The van der Waals surface area contributed by atoms with Gasteiger partial charge in [-0.05, 0) is 43.7 Å². The Morgan fingerprint density at radius 2 is 2.05 bits per heavy atom. The summed E-state index contributed by atoms with van der Waals surface area (Å²) in [7, 11) is 1.68. The second-order valence-electron chi connectivity index (χ2n) is 4.90. The molecule has 0 bridgehead atoms. The van der Waals surface area contributed by atoms with Gasteiger partial charge in [0.15, 0.2) is 0 Å². The fourth-order valence-electron chi connectivity index (χ4n) is 2.41. The Bertz CT molecular complexity index is 836. The number of ether oxygens (including phenoxy) is 1. The molecule has 0 saturated carbocycles. The Hall–Kier alpha value is -2.20. The maximum Gasteiger partial charge on any atom is 0.142 e. The molecule has 0 aliphatic carbocycles. The summed E-state index contributed by atoms with van der Waals surface area (Å²) in [5.41, 5.74) is 5.00. The second kappa shape index (κ2) is 5.30. The molecule has 0 saturated heterocycles. The summed E-state index contributed by atoms with van der Waals surface area (Å²) in [5, 5.41) is 4.05. The number of hydrogen-bond acceptors (Lipinski definition) is 4. The number of fused-ring (bicyclic) bond motifs is 1. The summed E-state index contributed by atoms with van der Waals surface area (Å²) >= 11 is 1.58. The topological polar surface area (TPSA) is 35.0 Å². The van der Waals surface area contributed by atoms with Gasteiger partial charge in [-0.1, -0.05) is 6.58 Å². The monoisotopic (exact) mass is 296 g/mol. The van der Waals surface area contributed by atoms with E-state index in [1.807, 2.05) is 18.4 Å². The van der Waals surface area contributed by atoms with Crippen LogP contribution in [0.5, 0.6) is 5.75 Å². The zero-order valence-electron chi connectivity index (χ0n) is 12.3. The van der Waals surface area contributed by atoms with Crippen LogP contribution in [0, 0.1) is 13.8 Å². The minimum atomic E-state index is 0.859. The van der Waals surface area contributed by atoms with Gasteiger partial charge < -0.3 is 4.74 Å². The molecule has 0 spiro atoms. The van der Waals surface area contributed by atoms with E-state index < -0.39 is 0 Å².